The molecular weight excluding hydrogens is 348 g/mol. The van der Waals surface area contributed by atoms with Crippen LogP contribution in [-0.2, 0) is 9.59 Å². The van der Waals surface area contributed by atoms with Crippen molar-refractivity contribution in [1.82, 2.24) is 9.80 Å². The number of nitrogens with zero attached hydrogens (tertiary/aromatic N) is 2. The van der Waals surface area contributed by atoms with Gasteiger partial charge in [0.2, 0.25) is 5.91 Å². The third kappa shape index (κ3) is 3.90. The Kier molecular flexibility index (Phi) is 6.23. The molecule has 142 valence electrons. The second-order valence-electron chi connectivity index (χ2n) is 7.62. The van der Waals surface area contributed by atoms with Gasteiger partial charge in [-0.05, 0) is 43.9 Å². The van der Waals surface area contributed by atoms with Gasteiger partial charge in [-0.3, -0.25) is 9.59 Å². The summed E-state index contributed by atoms with van der Waals surface area (Å²) in [7, 11) is 0. The highest BCUT2D eigenvalue weighted by molar-refractivity contribution is 6.30. The molecule has 4 nitrogen and oxygen atoms in total. The molecule has 2 amide bonds. The molecule has 0 spiro atoms. The van der Waals surface area contributed by atoms with Crippen LogP contribution in [0.3, 0.4) is 0 Å². The number of carbonyl (C=O) groups excluding carboxylic acids is 2. The molecule has 1 saturated carbocycles. The monoisotopic (exact) mass is 376 g/mol. The molecule has 0 radical (unpaired) electrons. The third-order valence-corrected chi connectivity index (χ3v) is 6.16. The van der Waals surface area contributed by atoms with Crippen molar-refractivity contribution in [2.75, 3.05) is 6.54 Å². The number of carbonyl (C=O) groups is 2. The van der Waals surface area contributed by atoms with Gasteiger partial charge in [-0.2, -0.15) is 0 Å². The van der Waals surface area contributed by atoms with Crippen molar-refractivity contribution < 1.29 is 9.59 Å². The number of amides is 2. The number of halogens is 1. The zero-order valence-electron chi connectivity index (χ0n) is 15.8. The molecule has 2 atom stereocenters. The molecular formula is C21H29ClN2O2. The van der Waals surface area contributed by atoms with Crippen molar-refractivity contribution in [3.63, 3.8) is 0 Å². The number of piperazine rings is 1. The Labute approximate surface area is 161 Å². The first-order valence-electron chi connectivity index (χ1n) is 9.90. The summed E-state index contributed by atoms with van der Waals surface area (Å²) in [5.74, 6) is 0.127. The molecule has 0 unspecified atom stereocenters. The maximum absolute atomic E-state index is 13.5. The first kappa shape index (κ1) is 19.2. The van der Waals surface area contributed by atoms with Gasteiger partial charge < -0.3 is 9.80 Å². The number of rotatable bonds is 4. The minimum Gasteiger partial charge on any atom is -0.328 e. The molecule has 0 N–H and O–H groups in total. The summed E-state index contributed by atoms with van der Waals surface area (Å²) in [6.07, 6.45) is 7.59. The average Bonchev–Trinajstić information content (AvgIpc) is 2.92. The summed E-state index contributed by atoms with van der Waals surface area (Å²) in [5, 5.41) is 0.638. The Balaban J connectivity index is 1.94. The van der Waals surface area contributed by atoms with E-state index in [1.165, 1.54) is 12.8 Å². The van der Waals surface area contributed by atoms with E-state index < -0.39 is 6.04 Å². The quantitative estimate of drug-likeness (QED) is 0.722. The van der Waals surface area contributed by atoms with Crippen LogP contribution >= 0.6 is 11.6 Å². The Morgan fingerprint density at radius 3 is 2.27 bits per heavy atom. The zero-order chi connectivity index (χ0) is 18.7. The number of benzene rings is 1. The van der Waals surface area contributed by atoms with Crippen LogP contribution in [0, 0.1) is 0 Å². The van der Waals surface area contributed by atoms with Crippen molar-refractivity contribution in [3.05, 3.63) is 34.9 Å². The molecule has 1 aromatic carbocycles. The number of hydrogen-bond donors (Lipinski definition) is 0. The molecule has 0 bridgehead atoms. The van der Waals surface area contributed by atoms with Gasteiger partial charge in [0.1, 0.15) is 12.6 Å². The highest BCUT2D eigenvalue weighted by Gasteiger charge is 2.44. The van der Waals surface area contributed by atoms with E-state index in [1.807, 2.05) is 24.0 Å². The van der Waals surface area contributed by atoms with E-state index in [2.05, 4.69) is 6.92 Å². The smallest absolute Gasteiger partial charge is 0.250 e. The largest absolute Gasteiger partial charge is 0.328 e. The first-order valence-corrected chi connectivity index (χ1v) is 10.3. The lowest BCUT2D eigenvalue weighted by atomic mass is 9.96. The topological polar surface area (TPSA) is 40.6 Å². The molecule has 2 aliphatic rings. The second-order valence-corrected chi connectivity index (χ2v) is 8.06. The Morgan fingerprint density at radius 2 is 1.69 bits per heavy atom. The van der Waals surface area contributed by atoms with Gasteiger partial charge in [-0.15, -0.1) is 0 Å². The van der Waals surface area contributed by atoms with Gasteiger partial charge in [-0.25, -0.2) is 0 Å². The van der Waals surface area contributed by atoms with Crippen LogP contribution < -0.4 is 0 Å². The van der Waals surface area contributed by atoms with Crippen molar-refractivity contribution in [3.8, 4) is 0 Å². The van der Waals surface area contributed by atoms with Gasteiger partial charge in [0, 0.05) is 17.1 Å². The van der Waals surface area contributed by atoms with E-state index in [9.17, 15) is 9.59 Å². The summed E-state index contributed by atoms with van der Waals surface area (Å²) in [4.78, 5) is 30.2. The zero-order valence-corrected chi connectivity index (χ0v) is 16.5. The van der Waals surface area contributed by atoms with Crippen LogP contribution in [0.2, 0.25) is 5.02 Å². The minimum absolute atomic E-state index is 0.0309. The summed E-state index contributed by atoms with van der Waals surface area (Å²) in [5.41, 5.74) is 0.853. The summed E-state index contributed by atoms with van der Waals surface area (Å²) < 4.78 is 0. The first-order chi connectivity index (χ1) is 12.5. The average molecular weight is 377 g/mol. The van der Waals surface area contributed by atoms with Gasteiger partial charge in [0.25, 0.3) is 5.91 Å². The van der Waals surface area contributed by atoms with Crippen LogP contribution in [0.25, 0.3) is 0 Å². The predicted molar refractivity (Wildman–Crippen MR) is 104 cm³/mol. The van der Waals surface area contributed by atoms with E-state index >= 15 is 0 Å². The maximum Gasteiger partial charge on any atom is 0.250 e. The SMILES string of the molecule is CC[C@@H](C)N1C(=O)CN(C2CCCCCC2)C(=O)[C@@H]1c1ccc(Cl)cc1. The molecule has 3 rings (SSSR count). The fourth-order valence-corrected chi connectivity index (χ4v) is 4.38. The summed E-state index contributed by atoms with van der Waals surface area (Å²) in [6.45, 7) is 4.30. The maximum atomic E-state index is 13.5. The molecule has 2 fully saturated rings. The van der Waals surface area contributed by atoms with Crippen LogP contribution in [0.4, 0.5) is 0 Å². The van der Waals surface area contributed by atoms with E-state index in [0.717, 1.165) is 37.7 Å². The van der Waals surface area contributed by atoms with Gasteiger partial charge in [0.15, 0.2) is 0 Å². The molecule has 0 aromatic heterocycles. The fourth-order valence-electron chi connectivity index (χ4n) is 4.25. The molecule has 1 saturated heterocycles. The second kappa shape index (κ2) is 8.43. The van der Waals surface area contributed by atoms with Gasteiger partial charge in [-0.1, -0.05) is 56.3 Å². The lowest BCUT2D eigenvalue weighted by molar-refractivity contribution is -0.161. The van der Waals surface area contributed by atoms with Crippen LogP contribution in [-0.4, -0.2) is 40.2 Å². The molecule has 5 heteroatoms. The molecule has 1 heterocycles. The summed E-state index contributed by atoms with van der Waals surface area (Å²) >= 11 is 6.03. The number of hydrogen-bond acceptors (Lipinski definition) is 2. The lowest BCUT2D eigenvalue weighted by Crippen LogP contribution is -2.60. The Hall–Kier alpha value is -1.55. The van der Waals surface area contributed by atoms with E-state index in [4.69, 9.17) is 11.6 Å². The highest BCUT2D eigenvalue weighted by Crippen LogP contribution is 2.34. The molecule has 1 aliphatic heterocycles. The fraction of sp³-hybridized carbons (Fsp3) is 0.619. The molecule has 1 aliphatic carbocycles. The van der Waals surface area contributed by atoms with E-state index in [1.54, 1.807) is 17.0 Å². The Morgan fingerprint density at radius 1 is 1.08 bits per heavy atom. The molecule has 26 heavy (non-hydrogen) atoms. The van der Waals surface area contributed by atoms with Crippen LogP contribution in [0.5, 0.6) is 0 Å². The van der Waals surface area contributed by atoms with Crippen LogP contribution in [0.1, 0.15) is 70.4 Å². The third-order valence-electron chi connectivity index (χ3n) is 5.91. The van der Waals surface area contributed by atoms with Crippen molar-refractivity contribution in [2.45, 2.75) is 76.9 Å². The predicted octanol–water partition coefficient (Wildman–Crippen LogP) is 4.57. The standard InChI is InChI=1S/C21H29ClN2O2/c1-3-15(2)24-19(25)14-23(18-8-6-4-5-7-9-18)21(26)20(24)16-10-12-17(22)13-11-16/h10-13,15,18,20H,3-9,14H2,1-2H3/t15-,20+/m1/s1. The molecule has 1 aromatic rings. The van der Waals surface area contributed by atoms with Crippen molar-refractivity contribution in [1.29, 1.82) is 0 Å². The lowest BCUT2D eigenvalue weighted by Gasteiger charge is -2.45. The Bertz CT molecular complexity index is 638. The van der Waals surface area contributed by atoms with Gasteiger partial charge in [0.05, 0.1) is 0 Å². The normalized spacial score (nSPS) is 23.9. The van der Waals surface area contributed by atoms with Gasteiger partial charge >= 0.3 is 0 Å². The summed E-state index contributed by atoms with van der Waals surface area (Å²) in [6, 6.07) is 7.05. The van der Waals surface area contributed by atoms with Crippen molar-refractivity contribution >= 4 is 23.4 Å². The van der Waals surface area contributed by atoms with Crippen molar-refractivity contribution in [2.24, 2.45) is 0 Å². The van der Waals surface area contributed by atoms with E-state index in [-0.39, 0.29) is 30.4 Å². The van der Waals surface area contributed by atoms with Crippen LogP contribution in [0.15, 0.2) is 24.3 Å². The minimum atomic E-state index is -0.535. The highest BCUT2D eigenvalue weighted by atomic mass is 35.5. The van der Waals surface area contributed by atoms with E-state index in [0.29, 0.717) is 5.02 Å².